The van der Waals surface area contributed by atoms with Crippen LogP contribution in [0, 0.1) is 47.4 Å². The minimum atomic E-state index is -0.692. The van der Waals surface area contributed by atoms with Crippen molar-refractivity contribution in [2.45, 2.75) is 89.6 Å². The zero-order valence-electron chi connectivity index (χ0n) is 32.3. The van der Waals surface area contributed by atoms with Crippen LogP contribution >= 0.6 is 0 Å². The first kappa shape index (κ1) is 36.9. The van der Waals surface area contributed by atoms with Gasteiger partial charge >= 0.3 is 12.2 Å². The number of hydrogen-bond donors (Lipinski definition) is 4. The lowest BCUT2D eigenvalue weighted by Gasteiger charge is -2.31. The van der Waals surface area contributed by atoms with Crippen molar-refractivity contribution in [2.24, 2.45) is 23.7 Å². The fraction of sp³-hybridized carbons (Fsp3) is 0.476. The number of H-pyrrole nitrogens is 2. The molecule has 56 heavy (non-hydrogen) atoms. The van der Waals surface area contributed by atoms with E-state index in [1.807, 2.05) is 73.9 Å². The summed E-state index contributed by atoms with van der Waals surface area (Å²) in [5.41, 5.74) is 4.75. The number of nitrogens with zero attached hydrogens (tertiary/aromatic N) is 4. The Hall–Kier alpha value is -6.02. The number of alkyl carbamates (subject to hydrolysis) is 2. The van der Waals surface area contributed by atoms with E-state index in [0.29, 0.717) is 11.8 Å². The number of fused-ring (bicyclic) bond motifs is 4. The SMILES string of the molecule is COC(=O)N[C@H](C(=O)N1C2C[C@@H]2C[C@H]1c1nc2ccc(C#CC#Cc3ccc4nc([C@@H]5C[C@H]6C[C@H]6N5C(=O)[C@@H](NC(=O)OC)C(C)C)[nH]c4c3)cc2[nH]1)C(C)C. The molecular formula is C42H46N8O6. The van der Waals surface area contributed by atoms with Gasteiger partial charge in [0.2, 0.25) is 11.8 Å². The van der Waals surface area contributed by atoms with Gasteiger partial charge in [0, 0.05) is 23.2 Å². The summed E-state index contributed by atoms with van der Waals surface area (Å²) in [5, 5.41) is 5.44. The fourth-order valence-corrected chi connectivity index (χ4v) is 8.49. The molecule has 4 N–H and O–H groups in total. The van der Waals surface area contributed by atoms with Crippen LogP contribution in [0.3, 0.4) is 0 Å². The van der Waals surface area contributed by atoms with Crippen molar-refractivity contribution in [1.29, 1.82) is 0 Å². The highest BCUT2D eigenvalue weighted by Gasteiger charge is 2.57. The van der Waals surface area contributed by atoms with Crippen molar-refractivity contribution in [3.8, 4) is 23.7 Å². The highest BCUT2D eigenvalue weighted by atomic mass is 16.5. The van der Waals surface area contributed by atoms with Crippen molar-refractivity contribution < 1.29 is 28.7 Å². The number of rotatable bonds is 8. The number of likely N-dealkylation sites (tertiary alicyclic amines) is 2. The summed E-state index contributed by atoms with van der Waals surface area (Å²) in [7, 11) is 2.58. The smallest absolute Gasteiger partial charge is 0.407 e. The first-order chi connectivity index (χ1) is 26.9. The van der Waals surface area contributed by atoms with Crippen LogP contribution in [0.5, 0.6) is 0 Å². The van der Waals surface area contributed by atoms with E-state index in [0.717, 1.165) is 70.5 Å². The third-order valence-corrected chi connectivity index (χ3v) is 11.6. The van der Waals surface area contributed by atoms with Gasteiger partial charge in [0.05, 0.1) is 48.4 Å². The lowest BCUT2D eigenvalue weighted by Crippen LogP contribution is -2.52. The summed E-state index contributed by atoms with van der Waals surface area (Å²) in [4.78, 5) is 72.0. The van der Waals surface area contributed by atoms with Gasteiger partial charge in [0.25, 0.3) is 0 Å². The molecule has 2 aromatic heterocycles. The predicted molar refractivity (Wildman–Crippen MR) is 206 cm³/mol. The van der Waals surface area contributed by atoms with Gasteiger partial charge in [-0.05, 0) is 97.6 Å². The van der Waals surface area contributed by atoms with Gasteiger partial charge < -0.3 is 39.9 Å². The zero-order valence-corrected chi connectivity index (χ0v) is 32.3. The van der Waals surface area contributed by atoms with E-state index >= 15 is 0 Å². The number of amides is 4. The number of benzene rings is 2. The van der Waals surface area contributed by atoms with Gasteiger partial charge in [-0.15, -0.1) is 0 Å². The molecule has 0 spiro atoms. The molecule has 4 fully saturated rings. The normalized spacial score (nSPS) is 24.1. The number of nitrogens with one attached hydrogen (secondary N) is 4. The summed E-state index contributed by atoms with van der Waals surface area (Å²) in [5.74, 6) is 14.0. The van der Waals surface area contributed by atoms with Crippen LogP contribution in [0.1, 0.15) is 88.2 Å². The maximum atomic E-state index is 13.8. The highest BCUT2D eigenvalue weighted by Crippen LogP contribution is 2.54. The quantitative estimate of drug-likeness (QED) is 0.183. The van der Waals surface area contributed by atoms with E-state index in [4.69, 9.17) is 19.4 Å². The Bertz CT molecular complexity index is 2200. The minimum Gasteiger partial charge on any atom is -0.453 e. The van der Waals surface area contributed by atoms with Gasteiger partial charge in [0.1, 0.15) is 23.7 Å². The Morgan fingerprint density at radius 3 is 1.46 bits per heavy atom. The molecule has 8 rings (SSSR count). The van der Waals surface area contributed by atoms with E-state index in [1.54, 1.807) is 0 Å². The minimum absolute atomic E-state index is 0.110. The summed E-state index contributed by atoms with van der Waals surface area (Å²) in [6.07, 6.45) is 2.32. The van der Waals surface area contributed by atoms with Crippen LogP contribution in [0.25, 0.3) is 22.1 Å². The van der Waals surface area contributed by atoms with Crippen molar-refractivity contribution in [2.75, 3.05) is 14.2 Å². The maximum absolute atomic E-state index is 13.8. The van der Waals surface area contributed by atoms with Crippen LogP contribution < -0.4 is 10.6 Å². The third-order valence-electron chi connectivity index (χ3n) is 11.6. The van der Waals surface area contributed by atoms with Crippen LogP contribution in [-0.2, 0) is 19.1 Å². The Labute approximate surface area is 324 Å². The third kappa shape index (κ3) is 7.00. The van der Waals surface area contributed by atoms with E-state index in [-0.39, 0.29) is 47.8 Å². The molecule has 4 heterocycles. The van der Waals surface area contributed by atoms with Crippen molar-refractivity contribution >= 4 is 46.1 Å². The largest absolute Gasteiger partial charge is 0.453 e. The number of aromatic nitrogens is 4. The predicted octanol–water partition coefficient (Wildman–Crippen LogP) is 4.93. The molecule has 2 aliphatic carbocycles. The van der Waals surface area contributed by atoms with Crippen molar-refractivity contribution in [3.05, 3.63) is 59.2 Å². The molecule has 14 nitrogen and oxygen atoms in total. The van der Waals surface area contributed by atoms with Crippen LogP contribution in [0.15, 0.2) is 36.4 Å². The molecule has 4 amide bonds. The maximum Gasteiger partial charge on any atom is 0.407 e. The molecule has 290 valence electrons. The number of hydrogen-bond acceptors (Lipinski definition) is 8. The van der Waals surface area contributed by atoms with Gasteiger partial charge in [0.15, 0.2) is 0 Å². The van der Waals surface area contributed by atoms with Crippen molar-refractivity contribution in [3.63, 3.8) is 0 Å². The summed E-state index contributed by atoms with van der Waals surface area (Å²) in [6.45, 7) is 7.63. The number of imidazole rings is 2. The Kier molecular flexibility index (Phi) is 9.61. The zero-order chi connectivity index (χ0) is 39.4. The lowest BCUT2D eigenvalue weighted by atomic mass is 10.0. The first-order valence-electron chi connectivity index (χ1n) is 19.3. The second-order valence-electron chi connectivity index (χ2n) is 16.0. The number of carbonyl (C=O) groups excluding carboxylic acids is 4. The van der Waals surface area contributed by atoms with Crippen LogP contribution in [-0.4, -0.2) is 92.1 Å². The number of aromatic amines is 2. The monoisotopic (exact) mass is 758 g/mol. The van der Waals surface area contributed by atoms with E-state index in [9.17, 15) is 19.2 Å². The molecule has 2 saturated carbocycles. The fourth-order valence-electron chi connectivity index (χ4n) is 8.49. The van der Waals surface area contributed by atoms with Crippen LogP contribution in [0.4, 0.5) is 9.59 Å². The molecule has 2 aromatic carbocycles. The first-order valence-corrected chi connectivity index (χ1v) is 19.3. The Balaban J connectivity index is 0.957. The van der Waals surface area contributed by atoms with Crippen LogP contribution in [0.2, 0.25) is 0 Å². The average Bonchev–Trinajstić information content (AvgIpc) is 3.84. The molecule has 2 saturated heterocycles. The van der Waals surface area contributed by atoms with Gasteiger partial charge in [-0.3, -0.25) is 9.59 Å². The molecule has 14 heteroatoms. The Morgan fingerprint density at radius 1 is 0.679 bits per heavy atom. The van der Waals surface area contributed by atoms with E-state index < -0.39 is 24.3 Å². The summed E-state index contributed by atoms with van der Waals surface area (Å²) >= 11 is 0. The molecule has 0 radical (unpaired) electrons. The molecule has 0 bridgehead atoms. The second kappa shape index (κ2) is 14.6. The second-order valence-corrected chi connectivity index (χ2v) is 16.0. The summed E-state index contributed by atoms with van der Waals surface area (Å²) in [6, 6.07) is 10.0. The van der Waals surface area contributed by atoms with Crippen molar-refractivity contribution in [1.82, 2.24) is 40.4 Å². The molecular weight excluding hydrogens is 713 g/mol. The highest BCUT2D eigenvalue weighted by molar-refractivity contribution is 5.88. The standard InChI is InChI=1S/C42H46N8O6/c1-21(2)35(47-41(53)55-5)39(51)49-31-17-25(31)19-33(49)37-43-27-13-11-23(15-29(27)45-37)9-7-8-10-24-12-14-28-30(16-24)46-38(44-28)34-20-26-18-32(26)50(34)40(52)36(22(3)4)48-42(54)56-6/h11-16,21-22,25-26,31-36H,17-20H2,1-6H3,(H,43,45)(H,44,46)(H,47,53)(H,48,54)/t25-,26-,31-,32?,33+,34+,35+,36+/m1/s1. The molecule has 4 aliphatic rings. The number of carbonyl (C=O) groups is 4. The molecule has 1 unspecified atom stereocenters. The average molecular weight is 759 g/mol. The van der Waals surface area contributed by atoms with E-state index in [2.05, 4.69) is 44.3 Å². The van der Waals surface area contributed by atoms with Gasteiger partial charge in [-0.1, -0.05) is 39.5 Å². The van der Waals surface area contributed by atoms with Gasteiger partial charge in [-0.2, -0.15) is 0 Å². The van der Waals surface area contributed by atoms with E-state index in [1.165, 1.54) is 14.2 Å². The Morgan fingerprint density at radius 2 is 1.09 bits per heavy atom. The lowest BCUT2D eigenvalue weighted by molar-refractivity contribution is -0.137. The number of methoxy groups -OCH3 is 2. The molecule has 8 atom stereocenters. The molecule has 4 aromatic rings. The summed E-state index contributed by atoms with van der Waals surface area (Å²) < 4.78 is 9.57. The molecule has 2 aliphatic heterocycles. The number of piperidine rings is 2. The number of ether oxygens (including phenoxy) is 2. The van der Waals surface area contributed by atoms with Gasteiger partial charge in [-0.25, -0.2) is 19.6 Å². The topological polar surface area (TPSA) is 175 Å².